The van der Waals surface area contributed by atoms with E-state index in [2.05, 4.69) is 5.32 Å². The Morgan fingerprint density at radius 3 is 1.85 bits per heavy atom. The minimum atomic E-state index is -1.90. The Morgan fingerprint density at radius 2 is 1.27 bits per heavy atom. The van der Waals surface area contributed by atoms with Crippen molar-refractivity contribution in [2.45, 2.75) is 105 Å². The van der Waals surface area contributed by atoms with Crippen LogP contribution < -0.4 is 11.1 Å². The van der Waals surface area contributed by atoms with Crippen molar-refractivity contribution < 1.29 is 79.2 Å². The van der Waals surface area contributed by atoms with E-state index in [0.29, 0.717) is 13.0 Å². The normalized spacial score (nSPS) is 45.4. The van der Waals surface area contributed by atoms with Crippen LogP contribution in [0.15, 0.2) is 0 Å². The molecule has 12 N–H and O–H groups in total. The summed E-state index contributed by atoms with van der Waals surface area (Å²) in [5.74, 6) is -0.645. The summed E-state index contributed by atoms with van der Waals surface area (Å²) in [6.07, 6.45) is -21.9. The molecular weight excluding hydrogens is 560 g/mol. The Balaban J connectivity index is 1.80. The standard InChI is InChI=1S/C23H42N2O16/c1-8(29)25-12-15(32)13(30)9(5-26)37-21(12)41-20-14(31)10(6-27)38-23(18(20)35)40-19-11(7-28)39-22(17(34)16(19)33)36-4-2-3-24/h9-23,26-28,30-35H,2-7,24H2,1H3,(H,25,29). The van der Waals surface area contributed by atoms with E-state index in [0.717, 1.165) is 6.92 Å². The lowest BCUT2D eigenvalue weighted by Crippen LogP contribution is -2.68. The number of aliphatic hydroxyl groups excluding tert-OH is 9. The summed E-state index contributed by atoms with van der Waals surface area (Å²) in [6.45, 7) is -0.750. The van der Waals surface area contributed by atoms with Gasteiger partial charge < -0.3 is 85.4 Å². The number of amides is 1. The maximum atomic E-state index is 11.7. The highest BCUT2D eigenvalue weighted by molar-refractivity contribution is 5.73. The summed E-state index contributed by atoms with van der Waals surface area (Å²) in [5, 5.41) is 95.4. The number of nitrogens with two attached hydrogens (primary N) is 1. The zero-order valence-corrected chi connectivity index (χ0v) is 22.4. The molecule has 0 aromatic carbocycles. The molecule has 18 nitrogen and oxygen atoms in total. The van der Waals surface area contributed by atoms with Crippen molar-refractivity contribution in [1.82, 2.24) is 5.32 Å². The minimum absolute atomic E-state index is 0.0970. The number of ether oxygens (including phenoxy) is 6. The highest BCUT2D eigenvalue weighted by Crippen LogP contribution is 2.32. The van der Waals surface area contributed by atoms with Gasteiger partial charge in [-0.3, -0.25) is 4.79 Å². The van der Waals surface area contributed by atoms with Crippen molar-refractivity contribution in [2.24, 2.45) is 5.73 Å². The lowest BCUT2D eigenvalue weighted by molar-refractivity contribution is -0.375. The topological polar surface area (TPSA) is 293 Å². The van der Waals surface area contributed by atoms with Crippen molar-refractivity contribution in [2.75, 3.05) is 33.0 Å². The monoisotopic (exact) mass is 602 g/mol. The van der Waals surface area contributed by atoms with E-state index in [-0.39, 0.29) is 6.61 Å². The van der Waals surface area contributed by atoms with Crippen LogP contribution in [0.3, 0.4) is 0 Å². The summed E-state index contributed by atoms with van der Waals surface area (Å²) in [5.41, 5.74) is 5.42. The van der Waals surface area contributed by atoms with E-state index in [9.17, 15) is 50.8 Å². The van der Waals surface area contributed by atoms with E-state index < -0.39 is 118 Å². The van der Waals surface area contributed by atoms with Gasteiger partial charge in [0, 0.05) is 6.92 Å². The number of aliphatic hydroxyl groups is 9. The second-order valence-corrected chi connectivity index (χ2v) is 10.1. The second kappa shape index (κ2) is 15.5. The summed E-state index contributed by atoms with van der Waals surface area (Å²) >= 11 is 0. The van der Waals surface area contributed by atoms with Crippen LogP contribution in [0.2, 0.25) is 0 Å². The molecule has 0 spiro atoms. The van der Waals surface area contributed by atoms with Gasteiger partial charge in [-0.15, -0.1) is 0 Å². The molecule has 3 fully saturated rings. The SMILES string of the molecule is CC(=O)NC1C(OC2C(O)C(CO)OC(OC3C(CO)OC(OCCCN)C(O)C3O)C2O)OC(CO)C(O)C1O. The van der Waals surface area contributed by atoms with Gasteiger partial charge in [0.05, 0.1) is 26.4 Å². The number of hydrogen-bond acceptors (Lipinski definition) is 17. The summed E-state index contributed by atoms with van der Waals surface area (Å²) in [7, 11) is 0. The molecule has 41 heavy (non-hydrogen) atoms. The van der Waals surface area contributed by atoms with Gasteiger partial charge in [-0.1, -0.05) is 0 Å². The highest BCUT2D eigenvalue weighted by Gasteiger charge is 2.54. The van der Waals surface area contributed by atoms with E-state index in [1.54, 1.807) is 0 Å². The molecule has 240 valence electrons. The first-order valence-electron chi connectivity index (χ1n) is 13.3. The molecule has 0 aromatic heterocycles. The molecule has 0 radical (unpaired) electrons. The third-order valence-corrected chi connectivity index (χ3v) is 7.11. The van der Waals surface area contributed by atoms with Gasteiger partial charge in [0.25, 0.3) is 0 Å². The molecule has 1 amide bonds. The van der Waals surface area contributed by atoms with Gasteiger partial charge in [0.1, 0.15) is 73.2 Å². The Morgan fingerprint density at radius 1 is 0.707 bits per heavy atom. The Kier molecular flexibility index (Phi) is 13.0. The molecule has 18 heteroatoms. The van der Waals surface area contributed by atoms with Gasteiger partial charge >= 0.3 is 0 Å². The lowest BCUT2D eigenvalue weighted by atomic mass is 9.95. The molecule has 15 unspecified atom stereocenters. The summed E-state index contributed by atoms with van der Waals surface area (Å²) in [4.78, 5) is 11.7. The number of carbonyl (C=O) groups is 1. The van der Waals surface area contributed by atoms with E-state index >= 15 is 0 Å². The van der Waals surface area contributed by atoms with Gasteiger partial charge in [0.2, 0.25) is 5.91 Å². The lowest BCUT2D eigenvalue weighted by Gasteiger charge is -2.48. The predicted molar refractivity (Wildman–Crippen MR) is 130 cm³/mol. The Hall–Kier alpha value is -1.17. The van der Waals surface area contributed by atoms with Crippen molar-refractivity contribution in [3.63, 3.8) is 0 Å². The fourth-order valence-corrected chi connectivity index (χ4v) is 4.86. The van der Waals surface area contributed by atoms with Crippen molar-refractivity contribution in [3.05, 3.63) is 0 Å². The number of rotatable bonds is 12. The van der Waals surface area contributed by atoms with Crippen LogP contribution >= 0.6 is 0 Å². The van der Waals surface area contributed by atoms with Crippen molar-refractivity contribution in [1.29, 1.82) is 0 Å². The van der Waals surface area contributed by atoms with Crippen molar-refractivity contribution >= 4 is 5.91 Å². The molecular formula is C23H42N2O16. The van der Waals surface area contributed by atoms with Crippen LogP contribution in [-0.2, 0) is 33.2 Å². The fraction of sp³-hybridized carbons (Fsp3) is 0.957. The number of nitrogens with one attached hydrogen (secondary N) is 1. The van der Waals surface area contributed by atoms with Crippen molar-refractivity contribution in [3.8, 4) is 0 Å². The number of carbonyl (C=O) groups excluding carboxylic acids is 1. The van der Waals surface area contributed by atoms with Crippen LogP contribution in [0.4, 0.5) is 0 Å². The minimum Gasteiger partial charge on any atom is -0.394 e. The molecule has 3 heterocycles. The zero-order chi connectivity index (χ0) is 30.4. The van der Waals surface area contributed by atoms with E-state index in [4.69, 9.17) is 34.2 Å². The zero-order valence-electron chi connectivity index (χ0n) is 22.4. The molecule has 0 aliphatic carbocycles. The quantitative estimate of drug-likeness (QED) is 0.0925. The van der Waals surface area contributed by atoms with Gasteiger partial charge in [-0.05, 0) is 13.0 Å². The summed E-state index contributed by atoms with van der Waals surface area (Å²) < 4.78 is 33.3. The average Bonchev–Trinajstić information content (AvgIpc) is 2.95. The third-order valence-electron chi connectivity index (χ3n) is 7.11. The molecule has 3 rings (SSSR count). The van der Waals surface area contributed by atoms with Gasteiger partial charge in [-0.2, -0.15) is 0 Å². The van der Waals surface area contributed by atoms with Crippen LogP contribution in [0.5, 0.6) is 0 Å². The molecule has 3 saturated heterocycles. The molecule has 0 saturated carbocycles. The molecule has 3 aliphatic rings. The van der Waals surface area contributed by atoms with Gasteiger partial charge in [-0.25, -0.2) is 0 Å². The molecule has 0 bridgehead atoms. The highest BCUT2D eigenvalue weighted by atomic mass is 16.8. The maximum Gasteiger partial charge on any atom is 0.217 e. The van der Waals surface area contributed by atoms with Crippen LogP contribution in [0, 0.1) is 0 Å². The smallest absolute Gasteiger partial charge is 0.217 e. The van der Waals surface area contributed by atoms with E-state index in [1.165, 1.54) is 0 Å². The Labute approximate surface area is 235 Å². The third kappa shape index (κ3) is 7.87. The maximum absolute atomic E-state index is 11.7. The average molecular weight is 603 g/mol. The van der Waals surface area contributed by atoms with Crippen LogP contribution in [0.1, 0.15) is 13.3 Å². The van der Waals surface area contributed by atoms with Crippen LogP contribution in [0.25, 0.3) is 0 Å². The predicted octanol–water partition coefficient (Wildman–Crippen LogP) is -7.06. The van der Waals surface area contributed by atoms with Gasteiger partial charge in [0.15, 0.2) is 18.9 Å². The first kappa shape index (κ1) is 34.3. The first-order valence-corrected chi connectivity index (χ1v) is 13.3. The van der Waals surface area contributed by atoms with E-state index in [1.807, 2.05) is 0 Å². The summed E-state index contributed by atoms with van der Waals surface area (Å²) in [6, 6.07) is -1.42. The fourth-order valence-electron chi connectivity index (χ4n) is 4.86. The molecule has 3 aliphatic heterocycles. The number of hydrogen-bond donors (Lipinski definition) is 11. The first-order chi connectivity index (χ1) is 19.5. The largest absolute Gasteiger partial charge is 0.394 e. The van der Waals surface area contributed by atoms with Crippen LogP contribution in [-0.4, -0.2) is 177 Å². The molecule has 0 aromatic rings. The second-order valence-electron chi connectivity index (χ2n) is 10.1. The molecule has 15 atom stereocenters. The Bertz CT molecular complexity index is 812.